The number of benzene rings is 1. The summed E-state index contributed by atoms with van der Waals surface area (Å²) >= 11 is 8.11. The van der Waals surface area contributed by atoms with Gasteiger partial charge < -0.3 is 10.4 Å². The summed E-state index contributed by atoms with van der Waals surface area (Å²) in [5.74, 6) is 0.489. The molecule has 98 valence electrons. The Morgan fingerprint density at radius 2 is 2.17 bits per heavy atom. The van der Waals surface area contributed by atoms with Crippen molar-refractivity contribution in [2.75, 3.05) is 13.2 Å². The van der Waals surface area contributed by atoms with Gasteiger partial charge in [0.25, 0.3) is 0 Å². The van der Waals surface area contributed by atoms with Crippen LogP contribution < -0.4 is 5.32 Å². The van der Waals surface area contributed by atoms with E-state index in [1.165, 1.54) is 9.58 Å². The van der Waals surface area contributed by atoms with Gasteiger partial charge in [-0.1, -0.05) is 36.7 Å². The van der Waals surface area contributed by atoms with Crippen LogP contribution in [0.15, 0.2) is 24.3 Å². The van der Waals surface area contributed by atoms with Gasteiger partial charge in [-0.25, -0.2) is 0 Å². The van der Waals surface area contributed by atoms with Crippen LogP contribution >= 0.6 is 22.9 Å². The predicted octanol–water partition coefficient (Wildman–Crippen LogP) is 3.66. The molecule has 0 spiro atoms. The monoisotopic (exact) mass is 283 g/mol. The van der Waals surface area contributed by atoms with Gasteiger partial charge in [0.05, 0.1) is 5.02 Å². The summed E-state index contributed by atoms with van der Waals surface area (Å²) in [6.45, 7) is 4.10. The lowest BCUT2D eigenvalue weighted by molar-refractivity contribution is 0.260. The summed E-state index contributed by atoms with van der Waals surface area (Å²) in [6, 6.07) is 8.22. The van der Waals surface area contributed by atoms with Gasteiger partial charge in [-0.3, -0.25) is 0 Å². The van der Waals surface area contributed by atoms with E-state index in [1.807, 2.05) is 12.1 Å². The maximum atomic E-state index is 8.85. The smallest absolute Gasteiger partial charge is 0.0636 e. The van der Waals surface area contributed by atoms with E-state index >= 15 is 0 Å². The number of rotatable bonds is 6. The Balaban J connectivity index is 1.97. The van der Waals surface area contributed by atoms with Crippen LogP contribution in [0.4, 0.5) is 0 Å². The molecular formula is C14H18ClNOS. The lowest BCUT2D eigenvalue weighted by atomic mass is 10.1. The molecule has 1 aromatic carbocycles. The average molecular weight is 284 g/mol. The Bertz CT molecular complexity index is 511. The fourth-order valence-electron chi connectivity index (χ4n) is 1.93. The molecular weight excluding hydrogens is 266 g/mol. The zero-order valence-corrected chi connectivity index (χ0v) is 12.0. The van der Waals surface area contributed by atoms with Crippen LogP contribution in [0.5, 0.6) is 0 Å². The summed E-state index contributed by atoms with van der Waals surface area (Å²) < 4.78 is 1.24. The lowest BCUT2D eigenvalue weighted by Gasteiger charge is -2.10. The molecule has 0 aliphatic heterocycles. The molecule has 0 bridgehead atoms. The fourth-order valence-corrected chi connectivity index (χ4v) is 3.40. The molecule has 4 heteroatoms. The number of fused-ring (bicyclic) bond motifs is 1. The largest absolute Gasteiger partial charge is 0.396 e. The van der Waals surface area contributed by atoms with Crippen molar-refractivity contribution < 1.29 is 5.11 Å². The van der Waals surface area contributed by atoms with E-state index < -0.39 is 0 Å². The van der Waals surface area contributed by atoms with Crippen LogP contribution in [0.2, 0.25) is 5.02 Å². The zero-order valence-electron chi connectivity index (χ0n) is 10.4. The average Bonchev–Trinajstić information content (AvgIpc) is 2.68. The van der Waals surface area contributed by atoms with E-state index in [0.717, 1.165) is 29.9 Å². The molecule has 1 unspecified atom stereocenters. The van der Waals surface area contributed by atoms with Gasteiger partial charge in [0.1, 0.15) is 0 Å². The molecule has 0 saturated heterocycles. The number of thiophene rings is 1. The van der Waals surface area contributed by atoms with Gasteiger partial charge in [0, 0.05) is 28.1 Å². The highest BCUT2D eigenvalue weighted by molar-refractivity contribution is 7.19. The zero-order chi connectivity index (χ0) is 13.0. The molecule has 2 N–H and O–H groups in total. The molecule has 2 aromatic rings. The maximum Gasteiger partial charge on any atom is 0.0636 e. The highest BCUT2D eigenvalue weighted by Crippen LogP contribution is 2.34. The molecule has 0 fully saturated rings. The number of hydrogen-bond acceptors (Lipinski definition) is 3. The Labute approximate surface area is 117 Å². The molecule has 2 nitrogen and oxygen atoms in total. The van der Waals surface area contributed by atoms with Crippen molar-refractivity contribution in [1.29, 1.82) is 0 Å². The summed E-state index contributed by atoms with van der Waals surface area (Å²) in [4.78, 5) is 1.19. The number of aliphatic hydroxyl groups excluding tert-OH is 1. The SMILES string of the molecule is CC(CCO)CNCc1sc2ccccc2c1Cl. The Morgan fingerprint density at radius 3 is 2.89 bits per heavy atom. The van der Waals surface area contributed by atoms with Crippen LogP contribution in [0, 0.1) is 5.92 Å². The number of halogens is 1. The molecule has 0 aliphatic carbocycles. The number of hydrogen-bond donors (Lipinski definition) is 2. The molecule has 1 heterocycles. The number of aliphatic hydroxyl groups is 1. The van der Waals surface area contributed by atoms with Crippen LogP contribution in [-0.2, 0) is 6.54 Å². The second kappa shape index (κ2) is 6.53. The first kappa shape index (κ1) is 13.8. The van der Waals surface area contributed by atoms with Crippen molar-refractivity contribution in [3.63, 3.8) is 0 Å². The van der Waals surface area contributed by atoms with Crippen molar-refractivity contribution in [1.82, 2.24) is 5.32 Å². The van der Waals surface area contributed by atoms with Crippen molar-refractivity contribution in [2.24, 2.45) is 5.92 Å². The van der Waals surface area contributed by atoms with Crippen molar-refractivity contribution in [3.8, 4) is 0 Å². The second-order valence-electron chi connectivity index (χ2n) is 4.58. The first-order chi connectivity index (χ1) is 8.72. The Morgan fingerprint density at radius 1 is 1.39 bits per heavy atom. The van der Waals surface area contributed by atoms with Gasteiger partial charge in [0.2, 0.25) is 0 Å². The molecule has 0 radical (unpaired) electrons. The maximum absolute atomic E-state index is 8.85. The fraction of sp³-hybridized carbons (Fsp3) is 0.429. The van der Waals surface area contributed by atoms with Gasteiger partial charge in [0.15, 0.2) is 0 Å². The van der Waals surface area contributed by atoms with Crippen LogP contribution in [-0.4, -0.2) is 18.3 Å². The van der Waals surface area contributed by atoms with E-state index in [-0.39, 0.29) is 6.61 Å². The van der Waals surface area contributed by atoms with Crippen molar-refractivity contribution >= 4 is 33.0 Å². The minimum Gasteiger partial charge on any atom is -0.396 e. The molecule has 2 rings (SSSR count). The highest BCUT2D eigenvalue weighted by Gasteiger charge is 2.09. The minimum absolute atomic E-state index is 0.256. The Hall–Kier alpha value is -0.610. The normalized spacial score (nSPS) is 13.1. The van der Waals surface area contributed by atoms with E-state index in [2.05, 4.69) is 24.4 Å². The van der Waals surface area contributed by atoms with Gasteiger partial charge in [-0.15, -0.1) is 11.3 Å². The molecule has 0 saturated carbocycles. The van der Waals surface area contributed by atoms with E-state index in [9.17, 15) is 0 Å². The summed E-state index contributed by atoms with van der Waals surface area (Å²) in [6.07, 6.45) is 0.840. The van der Waals surface area contributed by atoms with E-state index in [4.69, 9.17) is 16.7 Å². The summed E-state index contributed by atoms with van der Waals surface area (Å²) in [7, 11) is 0. The second-order valence-corrected chi connectivity index (χ2v) is 6.10. The minimum atomic E-state index is 0.256. The van der Waals surface area contributed by atoms with Gasteiger partial charge in [-0.2, -0.15) is 0 Å². The van der Waals surface area contributed by atoms with E-state index in [1.54, 1.807) is 11.3 Å². The van der Waals surface area contributed by atoms with Crippen LogP contribution in [0.25, 0.3) is 10.1 Å². The van der Waals surface area contributed by atoms with Gasteiger partial charge in [-0.05, 0) is 24.9 Å². The third-order valence-corrected chi connectivity index (χ3v) is 4.72. The lowest BCUT2D eigenvalue weighted by Crippen LogP contribution is -2.21. The molecule has 1 atom stereocenters. The first-order valence-electron chi connectivity index (χ1n) is 6.20. The molecule has 1 aromatic heterocycles. The van der Waals surface area contributed by atoms with Crippen molar-refractivity contribution in [3.05, 3.63) is 34.2 Å². The highest BCUT2D eigenvalue weighted by atomic mass is 35.5. The third kappa shape index (κ3) is 3.23. The molecule has 0 aliphatic rings. The number of nitrogens with one attached hydrogen (secondary N) is 1. The third-order valence-electron chi connectivity index (χ3n) is 3.00. The molecule has 18 heavy (non-hydrogen) atoms. The van der Waals surface area contributed by atoms with Crippen molar-refractivity contribution in [2.45, 2.75) is 19.9 Å². The Kier molecular flexibility index (Phi) is 5.01. The standard InChI is InChI=1S/C14H18ClNOS/c1-10(6-7-17)8-16-9-13-14(15)11-4-2-3-5-12(11)18-13/h2-5,10,16-17H,6-9H2,1H3. The van der Waals surface area contributed by atoms with Crippen LogP contribution in [0.1, 0.15) is 18.2 Å². The summed E-state index contributed by atoms with van der Waals surface area (Å²) in [5.41, 5.74) is 0. The molecule has 0 amide bonds. The quantitative estimate of drug-likeness (QED) is 0.848. The van der Waals surface area contributed by atoms with Crippen LogP contribution in [0.3, 0.4) is 0 Å². The van der Waals surface area contributed by atoms with Gasteiger partial charge >= 0.3 is 0 Å². The first-order valence-corrected chi connectivity index (χ1v) is 7.39. The van der Waals surface area contributed by atoms with E-state index in [0.29, 0.717) is 5.92 Å². The summed E-state index contributed by atoms with van der Waals surface area (Å²) in [5, 5.41) is 14.3. The topological polar surface area (TPSA) is 32.3 Å². The predicted molar refractivity (Wildman–Crippen MR) is 79.4 cm³/mol.